The number of amides is 2. The van der Waals surface area contributed by atoms with Gasteiger partial charge in [-0.3, -0.25) is 9.59 Å². The highest BCUT2D eigenvalue weighted by Gasteiger charge is 2.27. The summed E-state index contributed by atoms with van der Waals surface area (Å²) in [6.45, 7) is 9.72. The number of hydrogen-bond acceptors (Lipinski definition) is 5. The minimum Gasteiger partial charge on any atom is -0.357 e. The average Bonchev–Trinajstić information content (AvgIpc) is 3.26. The van der Waals surface area contributed by atoms with Crippen molar-refractivity contribution in [1.29, 1.82) is 0 Å². The average molecular weight is 450 g/mol. The number of carbonyl (C=O) groups is 2. The van der Waals surface area contributed by atoms with Crippen LogP contribution in [0.1, 0.15) is 44.4 Å². The largest absolute Gasteiger partial charge is 0.357 e. The van der Waals surface area contributed by atoms with E-state index >= 15 is 0 Å². The molecule has 2 fully saturated rings. The van der Waals surface area contributed by atoms with Crippen molar-refractivity contribution < 1.29 is 9.59 Å². The van der Waals surface area contributed by atoms with Crippen LogP contribution in [0, 0.1) is 24.7 Å². The lowest BCUT2D eigenvalue weighted by atomic mass is 9.87. The highest BCUT2D eigenvalue weighted by Crippen LogP contribution is 2.29. The van der Waals surface area contributed by atoms with Gasteiger partial charge in [0.25, 0.3) is 0 Å². The molecule has 4 rings (SSSR count). The lowest BCUT2D eigenvalue weighted by molar-refractivity contribution is -0.126. The minimum atomic E-state index is -0.265. The topological polar surface area (TPSA) is 86.4 Å². The van der Waals surface area contributed by atoms with Crippen molar-refractivity contribution in [3.63, 3.8) is 0 Å². The maximum Gasteiger partial charge on any atom is 0.225 e. The molecule has 3 N–H and O–H groups in total. The van der Waals surface area contributed by atoms with Crippen molar-refractivity contribution in [3.8, 4) is 0 Å². The molecule has 33 heavy (non-hydrogen) atoms. The van der Waals surface area contributed by atoms with Crippen LogP contribution in [0.15, 0.2) is 36.4 Å². The number of rotatable bonds is 7. The fraction of sp³-hybridized carbons (Fsp3) is 0.500. The zero-order valence-corrected chi connectivity index (χ0v) is 19.9. The van der Waals surface area contributed by atoms with Gasteiger partial charge < -0.3 is 20.9 Å². The first-order valence-electron chi connectivity index (χ1n) is 12.0. The fourth-order valence-electron chi connectivity index (χ4n) is 4.64. The molecule has 176 valence electrons. The lowest BCUT2D eigenvalue weighted by Gasteiger charge is -2.34. The number of aromatic nitrogens is 1. The van der Waals surface area contributed by atoms with Crippen LogP contribution in [0.4, 0.5) is 17.2 Å². The molecule has 0 unspecified atom stereocenters. The van der Waals surface area contributed by atoms with Crippen LogP contribution in [0.25, 0.3) is 0 Å². The molecule has 2 aliphatic heterocycles. The van der Waals surface area contributed by atoms with Crippen molar-refractivity contribution in [1.82, 2.24) is 15.6 Å². The standard InChI is InChI=1S/C26H35N5O2/c1-17(2)20-10-12-31(13-11-20)24-9-8-23(18(3)29-24)30-22-6-4-19(5-7-22)15-28-26(33)21-14-25(32)27-16-21/h4-9,17,20-21,30H,10-16H2,1-3H3,(H,27,32)(H,28,33)/t21-/m1/s1. The Morgan fingerprint density at radius 1 is 1.15 bits per heavy atom. The number of anilines is 3. The van der Waals surface area contributed by atoms with Crippen molar-refractivity contribution in [2.24, 2.45) is 17.8 Å². The SMILES string of the molecule is Cc1nc(N2CCC(C(C)C)CC2)ccc1Nc1ccc(CNC(=O)[C@H]2CNC(=O)C2)cc1. The molecule has 7 nitrogen and oxygen atoms in total. The Morgan fingerprint density at radius 2 is 1.88 bits per heavy atom. The Hall–Kier alpha value is -3.09. The first kappa shape index (κ1) is 23.1. The summed E-state index contributed by atoms with van der Waals surface area (Å²) in [5.74, 6) is 2.24. The molecule has 2 amide bonds. The van der Waals surface area contributed by atoms with E-state index in [1.54, 1.807) is 0 Å². The predicted molar refractivity (Wildman–Crippen MR) is 131 cm³/mol. The van der Waals surface area contributed by atoms with E-state index in [4.69, 9.17) is 4.98 Å². The van der Waals surface area contributed by atoms with Gasteiger partial charge in [0.05, 0.1) is 17.3 Å². The summed E-state index contributed by atoms with van der Waals surface area (Å²) in [5.41, 5.74) is 3.97. The zero-order valence-electron chi connectivity index (χ0n) is 19.9. The van der Waals surface area contributed by atoms with Crippen LogP contribution in [0.2, 0.25) is 0 Å². The van der Waals surface area contributed by atoms with E-state index in [0.717, 1.165) is 53.4 Å². The van der Waals surface area contributed by atoms with Crippen LogP contribution >= 0.6 is 0 Å². The van der Waals surface area contributed by atoms with Crippen molar-refractivity contribution in [2.75, 3.05) is 29.9 Å². The number of piperidine rings is 1. The van der Waals surface area contributed by atoms with Crippen molar-refractivity contribution >= 4 is 29.0 Å². The molecular weight excluding hydrogens is 414 g/mol. The number of nitrogens with zero attached hydrogens (tertiary/aromatic N) is 2. The summed E-state index contributed by atoms with van der Waals surface area (Å²) in [5, 5.41) is 9.07. The molecule has 1 aromatic carbocycles. The zero-order chi connectivity index (χ0) is 23.4. The van der Waals surface area contributed by atoms with Gasteiger partial charge >= 0.3 is 0 Å². The second-order valence-electron chi connectivity index (χ2n) is 9.62. The highest BCUT2D eigenvalue weighted by molar-refractivity contribution is 5.89. The molecule has 1 atom stereocenters. The first-order valence-corrected chi connectivity index (χ1v) is 12.0. The predicted octanol–water partition coefficient (Wildman–Crippen LogP) is 3.76. The van der Waals surface area contributed by atoms with E-state index in [2.05, 4.69) is 46.8 Å². The van der Waals surface area contributed by atoms with Gasteiger partial charge in [0.15, 0.2) is 0 Å². The summed E-state index contributed by atoms with van der Waals surface area (Å²) < 4.78 is 0. The molecule has 0 aliphatic carbocycles. The molecular formula is C26H35N5O2. The lowest BCUT2D eigenvalue weighted by Crippen LogP contribution is -2.35. The van der Waals surface area contributed by atoms with Gasteiger partial charge in [-0.25, -0.2) is 4.98 Å². The molecule has 0 bridgehead atoms. The quantitative estimate of drug-likeness (QED) is 0.599. The smallest absolute Gasteiger partial charge is 0.225 e. The molecule has 0 spiro atoms. The first-order chi connectivity index (χ1) is 15.9. The molecule has 2 aliphatic rings. The van der Waals surface area contributed by atoms with E-state index in [1.807, 2.05) is 31.2 Å². The Morgan fingerprint density at radius 3 is 2.48 bits per heavy atom. The second kappa shape index (κ2) is 10.2. The minimum absolute atomic E-state index is 0.0564. The van der Waals surface area contributed by atoms with Gasteiger partial charge in [0.2, 0.25) is 11.8 Å². The Bertz CT molecular complexity index is 981. The molecule has 1 aromatic heterocycles. The Kier molecular flexibility index (Phi) is 7.16. The summed E-state index contributed by atoms with van der Waals surface area (Å²) in [7, 11) is 0. The normalized spacial score (nSPS) is 19.0. The molecule has 2 saturated heterocycles. The number of hydrogen-bond donors (Lipinski definition) is 3. The van der Waals surface area contributed by atoms with Crippen LogP contribution in [-0.4, -0.2) is 36.4 Å². The molecule has 7 heteroatoms. The van der Waals surface area contributed by atoms with Crippen LogP contribution in [-0.2, 0) is 16.1 Å². The van der Waals surface area contributed by atoms with Crippen LogP contribution in [0.3, 0.4) is 0 Å². The summed E-state index contributed by atoms with van der Waals surface area (Å²) >= 11 is 0. The van der Waals surface area contributed by atoms with Gasteiger partial charge in [-0.2, -0.15) is 0 Å². The summed E-state index contributed by atoms with van der Waals surface area (Å²) in [6, 6.07) is 12.2. The van der Waals surface area contributed by atoms with Gasteiger partial charge in [-0.15, -0.1) is 0 Å². The Labute approximate surface area is 196 Å². The third kappa shape index (κ3) is 5.83. The molecule has 2 aromatic rings. The van der Waals surface area contributed by atoms with Crippen LogP contribution < -0.4 is 20.9 Å². The number of nitrogens with one attached hydrogen (secondary N) is 3. The van der Waals surface area contributed by atoms with Gasteiger partial charge in [0.1, 0.15) is 5.82 Å². The maximum absolute atomic E-state index is 12.2. The molecule has 0 saturated carbocycles. The highest BCUT2D eigenvalue weighted by atomic mass is 16.2. The number of benzene rings is 1. The van der Waals surface area contributed by atoms with Gasteiger partial charge in [0, 0.05) is 38.3 Å². The number of aryl methyl sites for hydroxylation is 1. The maximum atomic E-state index is 12.2. The van der Waals surface area contributed by atoms with Crippen molar-refractivity contribution in [3.05, 3.63) is 47.7 Å². The third-order valence-corrected chi connectivity index (χ3v) is 6.93. The number of carbonyl (C=O) groups excluding carboxylic acids is 2. The van der Waals surface area contributed by atoms with E-state index in [0.29, 0.717) is 13.1 Å². The van der Waals surface area contributed by atoms with Crippen molar-refractivity contribution in [2.45, 2.75) is 46.6 Å². The number of pyridine rings is 1. The van der Waals surface area contributed by atoms with Gasteiger partial charge in [-0.05, 0) is 61.4 Å². The molecule has 0 radical (unpaired) electrons. The third-order valence-electron chi connectivity index (χ3n) is 6.93. The van der Waals surface area contributed by atoms with E-state index in [9.17, 15) is 9.59 Å². The summed E-state index contributed by atoms with van der Waals surface area (Å²) in [4.78, 5) is 30.7. The van der Waals surface area contributed by atoms with Gasteiger partial charge in [-0.1, -0.05) is 26.0 Å². The van der Waals surface area contributed by atoms with Crippen LogP contribution in [0.5, 0.6) is 0 Å². The van der Waals surface area contributed by atoms with E-state index in [-0.39, 0.29) is 24.2 Å². The summed E-state index contributed by atoms with van der Waals surface area (Å²) in [6.07, 6.45) is 2.75. The monoisotopic (exact) mass is 449 g/mol. The van der Waals surface area contributed by atoms with E-state index < -0.39 is 0 Å². The van der Waals surface area contributed by atoms with E-state index in [1.165, 1.54) is 12.8 Å². The molecule has 3 heterocycles. The Balaban J connectivity index is 1.30. The fourth-order valence-corrected chi connectivity index (χ4v) is 4.64. The second-order valence-corrected chi connectivity index (χ2v) is 9.62.